The molecule has 1 aliphatic rings. The Morgan fingerprint density at radius 3 is 2.48 bits per heavy atom. The van der Waals surface area contributed by atoms with Crippen molar-refractivity contribution in [1.29, 1.82) is 0 Å². The fourth-order valence-electron chi connectivity index (χ4n) is 3.45. The minimum absolute atomic E-state index is 0.0538. The maximum Gasteiger partial charge on any atom is 0.230 e. The van der Waals surface area contributed by atoms with Crippen LogP contribution in [-0.2, 0) is 0 Å². The zero-order chi connectivity index (χ0) is 17.6. The number of aryl methyl sites for hydroxylation is 2. The van der Waals surface area contributed by atoms with Crippen LogP contribution in [0.4, 0.5) is 0 Å². The number of aliphatic hydroxyl groups is 1. The summed E-state index contributed by atoms with van der Waals surface area (Å²) in [7, 11) is 0. The molecule has 25 heavy (non-hydrogen) atoms. The van der Waals surface area contributed by atoms with Gasteiger partial charge in [-0.15, -0.1) is 5.10 Å². The molecule has 0 saturated carbocycles. The first kappa shape index (κ1) is 16.5. The summed E-state index contributed by atoms with van der Waals surface area (Å²) in [4.78, 5) is 8.29. The second-order valence-corrected chi connectivity index (χ2v) is 7.73. The molecule has 1 fully saturated rings. The van der Waals surface area contributed by atoms with Gasteiger partial charge in [0.2, 0.25) is 10.8 Å². The smallest absolute Gasteiger partial charge is 0.230 e. The van der Waals surface area contributed by atoms with Crippen molar-refractivity contribution in [3.63, 3.8) is 0 Å². The highest BCUT2D eigenvalue weighted by molar-refractivity contribution is 7.17. The Hall–Kier alpha value is -1.96. The van der Waals surface area contributed by atoms with Crippen LogP contribution in [0.1, 0.15) is 40.7 Å². The third kappa shape index (κ3) is 3.03. The standard InChI is InChI=1S/C18H22N4O2S/c1-11-3-5-13(6-4-11)15(21-9-7-14(23)8-10-21)16-17(24)22-18(25-16)19-12(2)20-22/h3-6,14-15,23-24H,7-10H2,1-2H3. The van der Waals surface area contributed by atoms with Crippen molar-refractivity contribution < 1.29 is 10.2 Å². The minimum atomic E-state index is -0.228. The normalized spacial score (nSPS) is 18.0. The molecule has 7 heteroatoms. The van der Waals surface area contributed by atoms with Gasteiger partial charge in [-0.1, -0.05) is 41.2 Å². The number of aromatic hydroxyl groups is 1. The van der Waals surface area contributed by atoms with Crippen molar-refractivity contribution >= 4 is 16.3 Å². The quantitative estimate of drug-likeness (QED) is 0.753. The number of piperidine rings is 1. The molecule has 6 nitrogen and oxygen atoms in total. The summed E-state index contributed by atoms with van der Waals surface area (Å²) < 4.78 is 1.52. The van der Waals surface area contributed by atoms with Crippen LogP contribution in [0.2, 0.25) is 0 Å². The summed E-state index contributed by atoms with van der Waals surface area (Å²) in [5, 5.41) is 24.9. The first-order valence-electron chi connectivity index (χ1n) is 8.56. The van der Waals surface area contributed by atoms with Gasteiger partial charge in [0, 0.05) is 13.1 Å². The lowest BCUT2D eigenvalue weighted by Crippen LogP contribution is -2.38. The lowest BCUT2D eigenvalue weighted by Gasteiger charge is -2.36. The molecular formula is C18H22N4O2S. The van der Waals surface area contributed by atoms with Crippen molar-refractivity contribution in [3.05, 3.63) is 46.1 Å². The molecular weight excluding hydrogens is 336 g/mol. The molecule has 0 bridgehead atoms. The first-order valence-corrected chi connectivity index (χ1v) is 9.38. The average Bonchev–Trinajstić information content (AvgIpc) is 3.09. The average molecular weight is 358 g/mol. The molecule has 0 aliphatic carbocycles. The van der Waals surface area contributed by atoms with Crippen LogP contribution in [0.25, 0.3) is 4.96 Å². The van der Waals surface area contributed by atoms with Crippen LogP contribution in [-0.4, -0.2) is 48.9 Å². The minimum Gasteiger partial charge on any atom is -0.492 e. The molecule has 0 amide bonds. The number of hydrogen-bond acceptors (Lipinski definition) is 6. The molecule has 132 valence electrons. The highest BCUT2D eigenvalue weighted by Crippen LogP contribution is 2.40. The van der Waals surface area contributed by atoms with E-state index in [2.05, 4.69) is 46.2 Å². The number of rotatable bonds is 3. The molecule has 0 radical (unpaired) electrons. The van der Waals surface area contributed by atoms with E-state index in [1.54, 1.807) is 0 Å². The Morgan fingerprint density at radius 1 is 1.16 bits per heavy atom. The van der Waals surface area contributed by atoms with Crippen LogP contribution >= 0.6 is 11.3 Å². The van der Waals surface area contributed by atoms with Gasteiger partial charge in [-0.25, -0.2) is 4.98 Å². The zero-order valence-electron chi connectivity index (χ0n) is 14.4. The lowest BCUT2D eigenvalue weighted by molar-refractivity contribution is 0.0689. The largest absolute Gasteiger partial charge is 0.492 e. The number of fused-ring (bicyclic) bond motifs is 1. The van der Waals surface area contributed by atoms with Crippen molar-refractivity contribution in [2.45, 2.75) is 38.8 Å². The summed E-state index contributed by atoms with van der Waals surface area (Å²) >= 11 is 1.48. The number of thiazole rings is 1. The van der Waals surface area contributed by atoms with E-state index >= 15 is 0 Å². The van der Waals surface area contributed by atoms with Gasteiger partial charge in [-0.2, -0.15) is 4.52 Å². The first-order chi connectivity index (χ1) is 12.0. The molecule has 1 aromatic carbocycles. The SMILES string of the molecule is Cc1ccc(C(c2sc3nc(C)nn3c2O)N2CCC(O)CC2)cc1. The van der Waals surface area contributed by atoms with E-state index in [1.165, 1.54) is 21.4 Å². The number of likely N-dealkylation sites (tertiary alicyclic amines) is 1. The van der Waals surface area contributed by atoms with Gasteiger partial charge in [0.1, 0.15) is 5.82 Å². The van der Waals surface area contributed by atoms with Gasteiger partial charge in [0.15, 0.2) is 0 Å². The van der Waals surface area contributed by atoms with E-state index in [4.69, 9.17) is 0 Å². The van der Waals surface area contributed by atoms with E-state index in [1.807, 2.05) is 6.92 Å². The molecule has 1 atom stereocenters. The molecule has 1 unspecified atom stereocenters. The molecule has 4 rings (SSSR count). The molecule has 1 aliphatic heterocycles. The third-order valence-corrected chi connectivity index (χ3v) is 5.88. The maximum atomic E-state index is 10.8. The lowest BCUT2D eigenvalue weighted by atomic mass is 9.98. The number of aliphatic hydroxyl groups excluding tert-OH is 1. The Balaban J connectivity index is 1.79. The van der Waals surface area contributed by atoms with Crippen LogP contribution < -0.4 is 0 Å². The van der Waals surface area contributed by atoms with E-state index in [0.717, 1.165) is 36.4 Å². The highest BCUT2D eigenvalue weighted by Gasteiger charge is 2.31. The van der Waals surface area contributed by atoms with Crippen molar-refractivity contribution in [3.8, 4) is 5.88 Å². The molecule has 3 heterocycles. The summed E-state index contributed by atoms with van der Waals surface area (Å²) in [5.41, 5.74) is 2.34. The zero-order valence-corrected chi connectivity index (χ0v) is 15.2. The van der Waals surface area contributed by atoms with Gasteiger partial charge in [-0.05, 0) is 32.3 Å². The van der Waals surface area contributed by atoms with Crippen LogP contribution in [0, 0.1) is 13.8 Å². The van der Waals surface area contributed by atoms with Gasteiger partial charge < -0.3 is 10.2 Å². The van der Waals surface area contributed by atoms with Crippen molar-refractivity contribution in [1.82, 2.24) is 19.5 Å². The van der Waals surface area contributed by atoms with E-state index in [9.17, 15) is 10.2 Å². The highest BCUT2D eigenvalue weighted by atomic mass is 32.1. The summed E-state index contributed by atoms with van der Waals surface area (Å²) in [6.45, 7) is 5.49. The fraction of sp³-hybridized carbons (Fsp3) is 0.444. The van der Waals surface area contributed by atoms with Crippen LogP contribution in [0.3, 0.4) is 0 Å². The Morgan fingerprint density at radius 2 is 1.84 bits per heavy atom. The number of hydrogen-bond donors (Lipinski definition) is 2. The number of nitrogens with zero attached hydrogens (tertiary/aromatic N) is 4. The monoisotopic (exact) mass is 358 g/mol. The fourth-order valence-corrected chi connectivity index (χ4v) is 4.61. The van der Waals surface area contributed by atoms with Gasteiger partial charge in [0.25, 0.3) is 0 Å². The van der Waals surface area contributed by atoms with Gasteiger partial charge in [-0.3, -0.25) is 4.90 Å². The summed E-state index contributed by atoms with van der Waals surface area (Å²) in [6.07, 6.45) is 1.28. The van der Waals surface area contributed by atoms with Crippen LogP contribution in [0.5, 0.6) is 5.88 Å². The maximum absolute atomic E-state index is 10.8. The van der Waals surface area contributed by atoms with E-state index in [0.29, 0.717) is 10.8 Å². The van der Waals surface area contributed by atoms with E-state index in [-0.39, 0.29) is 18.0 Å². The molecule has 3 aromatic rings. The van der Waals surface area contributed by atoms with Gasteiger partial charge >= 0.3 is 0 Å². The van der Waals surface area contributed by atoms with Crippen LogP contribution in [0.15, 0.2) is 24.3 Å². The van der Waals surface area contributed by atoms with Crippen molar-refractivity contribution in [2.24, 2.45) is 0 Å². The topological polar surface area (TPSA) is 73.9 Å². The number of benzene rings is 1. The molecule has 0 spiro atoms. The molecule has 2 aromatic heterocycles. The van der Waals surface area contributed by atoms with E-state index < -0.39 is 0 Å². The second kappa shape index (κ2) is 6.40. The number of aromatic nitrogens is 3. The molecule has 2 N–H and O–H groups in total. The second-order valence-electron chi connectivity index (χ2n) is 6.72. The Labute approximate surface area is 150 Å². The summed E-state index contributed by atoms with van der Waals surface area (Å²) in [5.74, 6) is 0.818. The van der Waals surface area contributed by atoms with Crippen molar-refractivity contribution in [2.75, 3.05) is 13.1 Å². The predicted molar refractivity (Wildman–Crippen MR) is 97.1 cm³/mol. The Bertz CT molecular complexity index is 879. The summed E-state index contributed by atoms with van der Waals surface area (Å²) in [6, 6.07) is 8.37. The third-order valence-electron chi connectivity index (χ3n) is 4.81. The van der Waals surface area contributed by atoms with Gasteiger partial charge in [0.05, 0.1) is 17.0 Å². The molecule has 1 saturated heterocycles. The predicted octanol–water partition coefficient (Wildman–Crippen LogP) is 2.66. The Kier molecular flexibility index (Phi) is 4.23.